The Kier molecular flexibility index (Phi) is 15.0. The maximum Gasteiger partial charge on any atom is 0.313 e. The molecule has 0 aromatic heterocycles. The predicted molar refractivity (Wildman–Crippen MR) is 200 cm³/mol. The van der Waals surface area contributed by atoms with Gasteiger partial charge in [-0.3, -0.25) is 9.59 Å². The van der Waals surface area contributed by atoms with E-state index in [-0.39, 0.29) is 64.0 Å². The molecule has 0 spiro atoms. The molecule has 0 amide bonds. The third-order valence-corrected chi connectivity index (χ3v) is 20.0. The van der Waals surface area contributed by atoms with E-state index in [1.807, 2.05) is 25.2 Å². The molecule has 1 aliphatic heterocycles. The van der Waals surface area contributed by atoms with Gasteiger partial charge in [-0.2, -0.15) is 0 Å². The van der Waals surface area contributed by atoms with Crippen LogP contribution in [-0.2, 0) is 27.9 Å². The van der Waals surface area contributed by atoms with Gasteiger partial charge in [-0.15, -0.1) is 11.6 Å². The zero-order valence-electron chi connectivity index (χ0n) is 31.7. The SMILES string of the molecule is CO[C@@H]1/C=C(\C)C[C@H](/C=C/C=C/C#C[C@@H]2C[C@H]2Cl)OC(=O)CC(=O)C[C@H](O[Si](C)(C)C(C)(C)C)[C@@H](C)[C@@H](O[Si](C)(C)C(C)(C)C)[C@@H]1C. The Balaban J connectivity index is 2.56. The molecule has 1 aliphatic carbocycles. The lowest BCUT2D eigenvalue weighted by Crippen LogP contribution is -2.53. The van der Waals surface area contributed by atoms with E-state index < -0.39 is 34.8 Å². The van der Waals surface area contributed by atoms with Crippen molar-refractivity contribution in [3.8, 4) is 11.8 Å². The molecule has 1 heterocycles. The number of allylic oxidation sites excluding steroid dienone is 3. The number of hydrogen-bond acceptors (Lipinski definition) is 6. The van der Waals surface area contributed by atoms with Crippen molar-refractivity contribution >= 4 is 40.0 Å². The summed E-state index contributed by atoms with van der Waals surface area (Å²) in [4.78, 5) is 26.8. The Hall–Kier alpha value is -1.48. The van der Waals surface area contributed by atoms with E-state index in [0.29, 0.717) is 6.42 Å². The van der Waals surface area contributed by atoms with Crippen molar-refractivity contribution in [2.24, 2.45) is 17.8 Å². The van der Waals surface area contributed by atoms with Gasteiger partial charge < -0.3 is 18.3 Å². The number of rotatable bonds is 7. The first-order chi connectivity index (χ1) is 21.5. The van der Waals surface area contributed by atoms with Gasteiger partial charge in [-0.1, -0.05) is 91.0 Å². The number of halogens is 1. The molecule has 0 N–H and O–H groups in total. The van der Waals surface area contributed by atoms with Crippen LogP contribution in [0.4, 0.5) is 0 Å². The van der Waals surface area contributed by atoms with E-state index in [2.05, 4.69) is 99.5 Å². The largest absolute Gasteiger partial charge is 0.457 e. The molecule has 0 aromatic carbocycles. The van der Waals surface area contributed by atoms with Crippen LogP contribution in [-0.4, -0.2) is 65.3 Å². The Labute approximate surface area is 293 Å². The average Bonchev–Trinajstić information content (AvgIpc) is 3.63. The van der Waals surface area contributed by atoms with Gasteiger partial charge in [0.1, 0.15) is 18.3 Å². The number of methoxy groups -OCH3 is 1. The number of Topliss-reactive ketones (excluding diaryl/α,β-unsaturated/α-hetero) is 1. The van der Waals surface area contributed by atoms with E-state index in [4.69, 9.17) is 29.9 Å². The molecule has 0 saturated heterocycles. The summed E-state index contributed by atoms with van der Waals surface area (Å²) < 4.78 is 26.3. The Morgan fingerprint density at radius 1 is 0.936 bits per heavy atom. The Morgan fingerprint density at radius 3 is 2.04 bits per heavy atom. The quantitative estimate of drug-likeness (QED) is 0.0500. The zero-order chi connectivity index (χ0) is 36.0. The summed E-state index contributed by atoms with van der Waals surface area (Å²) in [5.74, 6) is 5.52. The molecule has 0 bridgehead atoms. The lowest BCUT2D eigenvalue weighted by atomic mass is 9.83. The van der Waals surface area contributed by atoms with Gasteiger partial charge in [0.05, 0.1) is 18.3 Å². The second-order valence-electron chi connectivity index (χ2n) is 16.7. The second kappa shape index (κ2) is 17.0. The standard InChI is InChI=1S/C38H63ClO6Si2/c1-26-21-31(20-18-16-15-17-19-29-23-32(29)39)43-35(41)25-30(40)24-34(44-46(11,12)37(4,5)6)28(3)36(27(2)33(22-26)42-10)45-47(13,14)38(7,8)9/h15-16,18,20,22,27-29,31-34,36H,21,23-25H2,1-14H3/b16-15+,20-18+,26-22+/t27-,28-,29-,31+,32-,33-,34+,36+/m1/s1. The number of alkyl halides is 1. The molecule has 0 unspecified atom stereocenters. The minimum absolute atomic E-state index is 0.0147. The number of carbonyl (C=O) groups excluding carboxylic acids is 2. The highest BCUT2D eigenvalue weighted by atomic mass is 35.5. The molecule has 9 heteroatoms. The second-order valence-corrected chi connectivity index (χ2v) is 26.8. The van der Waals surface area contributed by atoms with Crippen LogP contribution in [0.25, 0.3) is 0 Å². The van der Waals surface area contributed by atoms with Crippen LogP contribution in [0.15, 0.2) is 36.0 Å². The maximum absolute atomic E-state index is 13.6. The fourth-order valence-electron chi connectivity index (χ4n) is 5.18. The molecule has 1 fully saturated rings. The molecule has 2 aliphatic rings. The minimum Gasteiger partial charge on any atom is -0.457 e. The smallest absolute Gasteiger partial charge is 0.313 e. The summed E-state index contributed by atoms with van der Waals surface area (Å²) in [5, 5.41) is 0.0885. The number of carbonyl (C=O) groups is 2. The fourth-order valence-corrected chi connectivity index (χ4v) is 8.30. The number of cyclic esters (lactones) is 1. The molecule has 47 heavy (non-hydrogen) atoms. The van der Waals surface area contributed by atoms with Gasteiger partial charge in [0.15, 0.2) is 16.6 Å². The first kappa shape index (κ1) is 41.7. The topological polar surface area (TPSA) is 71.1 Å². The highest BCUT2D eigenvalue weighted by molar-refractivity contribution is 6.74. The molecule has 1 saturated carbocycles. The molecule has 266 valence electrons. The molecule has 8 atom stereocenters. The van der Waals surface area contributed by atoms with E-state index in [0.717, 1.165) is 12.0 Å². The molecule has 0 aromatic rings. The van der Waals surface area contributed by atoms with Crippen molar-refractivity contribution in [1.29, 1.82) is 0 Å². The van der Waals surface area contributed by atoms with Crippen molar-refractivity contribution in [3.63, 3.8) is 0 Å². The van der Waals surface area contributed by atoms with Crippen molar-refractivity contribution in [2.75, 3.05) is 7.11 Å². The van der Waals surface area contributed by atoms with E-state index in [1.54, 1.807) is 13.2 Å². The summed E-state index contributed by atoms with van der Waals surface area (Å²) in [5.41, 5.74) is 1.02. The summed E-state index contributed by atoms with van der Waals surface area (Å²) in [6.45, 7) is 28.6. The van der Waals surface area contributed by atoms with Gasteiger partial charge in [0.25, 0.3) is 0 Å². The third-order valence-electron chi connectivity index (χ3n) is 10.5. The normalized spacial score (nSPS) is 31.9. The van der Waals surface area contributed by atoms with Crippen molar-refractivity contribution in [2.45, 2.75) is 154 Å². The van der Waals surface area contributed by atoms with E-state index >= 15 is 0 Å². The van der Waals surface area contributed by atoms with E-state index in [9.17, 15) is 9.59 Å². The first-order valence-corrected chi connectivity index (χ1v) is 23.5. The number of hydrogen-bond donors (Lipinski definition) is 0. The summed E-state index contributed by atoms with van der Waals surface area (Å²) in [6, 6.07) is 0. The highest BCUT2D eigenvalue weighted by Crippen LogP contribution is 2.43. The van der Waals surface area contributed by atoms with Gasteiger partial charge in [0, 0.05) is 43.1 Å². The van der Waals surface area contributed by atoms with Crippen molar-refractivity contribution in [3.05, 3.63) is 36.0 Å². The Morgan fingerprint density at radius 2 is 1.51 bits per heavy atom. The summed E-state index contributed by atoms with van der Waals surface area (Å²) >= 11 is 6.03. The maximum atomic E-state index is 13.6. The lowest BCUT2D eigenvalue weighted by Gasteiger charge is -2.47. The molecule has 2 rings (SSSR count). The van der Waals surface area contributed by atoms with Gasteiger partial charge in [-0.05, 0) is 61.8 Å². The number of ketones is 1. The van der Waals surface area contributed by atoms with Crippen LogP contribution in [0, 0.1) is 29.6 Å². The van der Waals surface area contributed by atoms with Crippen molar-refractivity contribution in [1.82, 2.24) is 0 Å². The predicted octanol–water partition coefficient (Wildman–Crippen LogP) is 9.41. The average molecular weight is 708 g/mol. The van der Waals surface area contributed by atoms with Crippen LogP contribution >= 0.6 is 11.6 Å². The Bertz CT molecular complexity index is 1230. The zero-order valence-corrected chi connectivity index (χ0v) is 34.4. The molecule has 6 nitrogen and oxygen atoms in total. The highest BCUT2D eigenvalue weighted by Gasteiger charge is 2.47. The van der Waals surface area contributed by atoms with E-state index in [1.165, 1.54) is 0 Å². The van der Waals surface area contributed by atoms with Crippen molar-refractivity contribution < 1.29 is 27.9 Å². The van der Waals surface area contributed by atoms with Crippen LogP contribution in [0.5, 0.6) is 0 Å². The monoisotopic (exact) mass is 706 g/mol. The van der Waals surface area contributed by atoms with Crippen LogP contribution in [0.2, 0.25) is 36.3 Å². The third kappa shape index (κ3) is 12.7. The van der Waals surface area contributed by atoms with Crippen LogP contribution in [0.3, 0.4) is 0 Å². The summed E-state index contributed by atoms with van der Waals surface area (Å²) in [6.07, 6.45) is 9.15. The summed E-state index contributed by atoms with van der Waals surface area (Å²) in [7, 11) is -2.82. The molecular formula is C38H63ClO6Si2. The fraction of sp³-hybridized carbons (Fsp3) is 0.737. The first-order valence-electron chi connectivity index (χ1n) is 17.2. The lowest BCUT2D eigenvalue weighted by molar-refractivity contribution is -0.149. The van der Waals surface area contributed by atoms with Gasteiger partial charge in [0.2, 0.25) is 0 Å². The van der Waals surface area contributed by atoms with Gasteiger partial charge >= 0.3 is 5.97 Å². The number of esters is 1. The van der Waals surface area contributed by atoms with Crippen LogP contribution in [0.1, 0.15) is 88.0 Å². The minimum atomic E-state index is -2.30. The van der Waals surface area contributed by atoms with Gasteiger partial charge in [-0.25, -0.2) is 0 Å². The molecule has 0 radical (unpaired) electrons. The van der Waals surface area contributed by atoms with Crippen LogP contribution < -0.4 is 0 Å². The molecular weight excluding hydrogens is 644 g/mol. The number of ether oxygens (including phenoxy) is 2.